The summed E-state index contributed by atoms with van der Waals surface area (Å²) in [5.41, 5.74) is 6.38. The maximum atomic E-state index is 10.3. The summed E-state index contributed by atoms with van der Waals surface area (Å²) >= 11 is 4.03. The van der Waals surface area contributed by atoms with Crippen molar-refractivity contribution in [3.05, 3.63) is 23.9 Å². The number of nitrogens with one attached hydrogen (secondary N) is 1. The van der Waals surface area contributed by atoms with Gasteiger partial charge in [-0.3, -0.25) is 5.32 Å². The maximum absolute atomic E-state index is 10.3. The first-order valence-corrected chi connectivity index (χ1v) is 4.48. The predicted molar refractivity (Wildman–Crippen MR) is 56.5 cm³/mol. The number of nitrogens with zero attached hydrogens (tertiary/aromatic N) is 1. The molecule has 0 saturated heterocycles. The standard InChI is InChI=1S/C8H11N3O2S/c9-6(14)3-5-1-2-10-7(4-5)11-8(12)13/h1-2,4,6,14H,3,9H2,(H,10,11)(H,12,13). The van der Waals surface area contributed by atoms with Crippen molar-refractivity contribution in [3.63, 3.8) is 0 Å². The van der Waals surface area contributed by atoms with E-state index in [9.17, 15) is 4.79 Å². The number of rotatable bonds is 3. The van der Waals surface area contributed by atoms with Crippen molar-refractivity contribution in [2.75, 3.05) is 5.32 Å². The second-order valence-electron chi connectivity index (χ2n) is 2.75. The number of hydrogen-bond donors (Lipinski definition) is 4. The van der Waals surface area contributed by atoms with Gasteiger partial charge in [-0.25, -0.2) is 9.78 Å². The van der Waals surface area contributed by atoms with Crippen LogP contribution in [0.2, 0.25) is 0 Å². The van der Waals surface area contributed by atoms with Crippen LogP contribution in [0.1, 0.15) is 5.56 Å². The van der Waals surface area contributed by atoms with Crippen molar-refractivity contribution in [1.29, 1.82) is 0 Å². The Labute approximate surface area is 86.7 Å². The Morgan fingerprint density at radius 1 is 1.79 bits per heavy atom. The van der Waals surface area contributed by atoms with E-state index in [-0.39, 0.29) is 5.37 Å². The minimum Gasteiger partial charge on any atom is -0.465 e. The zero-order valence-electron chi connectivity index (χ0n) is 7.34. The van der Waals surface area contributed by atoms with Crippen LogP contribution in [0.4, 0.5) is 10.6 Å². The summed E-state index contributed by atoms with van der Waals surface area (Å²) in [4.78, 5) is 14.1. The van der Waals surface area contributed by atoms with Crippen LogP contribution in [-0.4, -0.2) is 21.6 Å². The van der Waals surface area contributed by atoms with Crippen molar-refractivity contribution < 1.29 is 9.90 Å². The van der Waals surface area contributed by atoms with Crippen LogP contribution in [0, 0.1) is 0 Å². The highest BCUT2D eigenvalue weighted by Gasteiger charge is 2.02. The lowest BCUT2D eigenvalue weighted by molar-refractivity contribution is 0.209. The molecule has 0 spiro atoms. The number of nitrogens with two attached hydrogens (primary N) is 1. The number of pyridine rings is 1. The van der Waals surface area contributed by atoms with Crippen LogP contribution < -0.4 is 11.1 Å². The average molecular weight is 213 g/mol. The van der Waals surface area contributed by atoms with Crippen LogP contribution in [0.5, 0.6) is 0 Å². The summed E-state index contributed by atoms with van der Waals surface area (Å²) in [5, 5.41) is 10.4. The molecule has 0 bridgehead atoms. The molecule has 0 fully saturated rings. The van der Waals surface area contributed by atoms with Crippen molar-refractivity contribution >= 4 is 24.5 Å². The smallest absolute Gasteiger partial charge is 0.410 e. The molecular formula is C8H11N3O2S. The second kappa shape index (κ2) is 4.83. The van der Waals surface area contributed by atoms with Crippen molar-refractivity contribution in [2.45, 2.75) is 11.8 Å². The third kappa shape index (κ3) is 3.63. The van der Waals surface area contributed by atoms with E-state index in [2.05, 4.69) is 22.9 Å². The van der Waals surface area contributed by atoms with E-state index in [1.807, 2.05) is 0 Å². The largest absolute Gasteiger partial charge is 0.465 e. The third-order valence-electron chi connectivity index (χ3n) is 1.50. The van der Waals surface area contributed by atoms with Gasteiger partial charge in [-0.15, -0.1) is 0 Å². The van der Waals surface area contributed by atoms with Gasteiger partial charge in [0.2, 0.25) is 0 Å². The summed E-state index contributed by atoms with van der Waals surface area (Å²) in [6.45, 7) is 0. The summed E-state index contributed by atoms with van der Waals surface area (Å²) in [5.74, 6) is 0.295. The minimum atomic E-state index is -1.13. The first-order valence-electron chi connectivity index (χ1n) is 3.96. The van der Waals surface area contributed by atoms with Gasteiger partial charge in [0.15, 0.2) is 0 Å². The lowest BCUT2D eigenvalue weighted by atomic mass is 10.2. The van der Waals surface area contributed by atoms with E-state index in [1.165, 1.54) is 6.20 Å². The Morgan fingerprint density at radius 3 is 3.07 bits per heavy atom. The lowest BCUT2D eigenvalue weighted by Gasteiger charge is -2.05. The summed E-state index contributed by atoms with van der Waals surface area (Å²) in [6, 6.07) is 3.40. The summed E-state index contributed by atoms with van der Waals surface area (Å²) in [6.07, 6.45) is 0.960. The van der Waals surface area contributed by atoms with Crippen LogP contribution in [0.25, 0.3) is 0 Å². The molecule has 14 heavy (non-hydrogen) atoms. The first kappa shape index (κ1) is 10.8. The lowest BCUT2D eigenvalue weighted by Crippen LogP contribution is -2.15. The van der Waals surface area contributed by atoms with Gasteiger partial charge in [0.1, 0.15) is 5.82 Å². The number of thiol groups is 1. The summed E-state index contributed by atoms with van der Waals surface area (Å²) in [7, 11) is 0. The highest BCUT2D eigenvalue weighted by atomic mass is 32.1. The molecule has 1 amide bonds. The van der Waals surface area contributed by atoms with Gasteiger partial charge >= 0.3 is 6.09 Å². The van der Waals surface area contributed by atoms with Crippen LogP contribution >= 0.6 is 12.6 Å². The molecule has 1 aromatic heterocycles. The molecule has 4 N–H and O–H groups in total. The number of carbonyl (C=O) groups is 1. The number of anilines is 1. The quantitative estimate of drug-likeness (QED) is 0.444. The molecule has 76 valence electrons. The molecule has 6 heteroatoms. The molecule has 1 unspecified atom stereocenters. The van der Waals surface area contributed by atoms with Crippen molar-refractivity contribution in [1.82, 2.24) is 4.98 Å². The van der Waals surface area contributed by atoms with E-state index >= 15 is 0 Å². The zero-order valence-corrected chi connectivity index (χ0v) is 8.24. The average Bonchev–Trinajstić information content (AvgIpc) is 2.01. The Balaban J connectivity index is 2.73. The number of carboxylic acid groups (broad SMARTS) is 1. The normalized spacial score (nSPS) is 12.1. The van der Waals surface area contributed by atoms with E-state index in [0.717, 1.165) is 5.56 Å². The number of aromatic nitrogens is 1. The fourth-order valence-electron chi connectivity index (χ4n) is 1.02. The fourth-order valence-corrected chi connectivity index (χ4v) is 1.23. The van der Waals surface area contributed by atoms with Crippen molar-refractivity contribution in [2.24, 2.45) is 5.73 Å². The van der Waals surface area contributed by atoms with Crippen molar-refractivity contribution in [3.8, 4) is 0 Å². The molecule has 5 nitrogen and oxygen atoms in total. The molecule has 1 atom stereocenters. The SMILES string of the molecule is NC(S)Cc1ccnc(NC(=O)O)c1. The fraction of sp³-hybridized carbons (Fsp3) is 0.250. The molecular weight excluding hydrogens is 202 g/mol. The molecule has 1 aromatic rings. The minimum absolute atomic E-state index is 0.255. The van der Waals surface area contributed by atoms with Crippen LogP contribution in [-0.2, 0) is 6.42 Å². The van der Waals surface area contributed by atoms with Crippen LogP contribution in [0.3, 0.4) is 0 Å². The topological polar surface area (TPSA) is 88.2 Å². The van der Waals surface area contributed by atoms with Gasteiger partial charge in [-0.1, -0.05) is 0 Å². The zero-order chi connectivity index (χ0) is 10.6. The van der Waals surface area contributed by atoms with Crippen LogP contribution in [0.15, 0.2) is 18.3 Å². The van der Waals surface area contributed by atoms with E-state index in [1.54, 1.807) is 12.1 Å². The molecule has 0 aliphatic rings. The van der Waals surface area contributed by atoms with E-state index in [4.69, 9.17) is 10.8 Å². The van der Waals surface area contributed by atoms with Gasteiger partial charge in [-0.2, -0.15) is 12.6 Å². The Hall–Kier alpha value is -1.27. The molecule has 1 rings (SSSR count). The number of amides is 1. The van der Waals surface area contributed by atoms with Gasteiger partial charge in [0, 0.05) is 6.20 Å². The molecule has 0 aromatic carbocycles. The molecule has 1 heterocycles. The summed E-state index contributed by atoms with van der Waals surface area (Å²) < 4.78 is 0. The molecule has 0 aliphatic heterocycles. The maximum Gasteiger partial charge on any atom is 0.410 e. The second-order valence-corrected chi connectivity index (χ2v) is 3.41. The first-order chi connectivity index (χ1) is 6.58. The predicted octanol–water partition coefficient (Wildman–Crippen LogP) is 0.929. The highest BCUT2D eigenvalue weighted by Crippen LogP contribution is 2.09. The monoisotopic (exact) mass is 213 g/mol. The molecule has 0 radical (unpaired) electrons. The highest BCUT2D eigenvalue weighted by molar-refractivity contribution is 7.80. The van der Waals surface area contributed by atoms with Gasteiger partial charge < -0.3 is 10.8 Å². The third-order valence-corrected chi connectivity index (χ3v) is 1.69. The van der Waals surface area contributed by atoms with E-state index in [0.29, 0.717) is 12.2 Å². The Morgan fingerprint density at radius 2 is 2.50 bits per heavy atom. The Kier molecular flexibility index (Phi) is 3.73. The Bertz CT molecular complexity index is 330. The van der Waals surface area contributed by atoms with Gasteiger partial charge in [0.05, 0.1) is 5.37 Å². The molecule has 0 saturated carbocycles. The molecule has 0 aliphatic carbocycles. The van der Waals surface area contributed by atoms with E-state index < -0.39 is 6.09 Å². The van der Waals surface area contributed by atoms with Gasteiger partial charge in [-0.05, 0) is 24.1 Å². The van der Waals surface area contributed by atoms with Gasteiger partial charge in [0.25, 0.3) is 0 Å². The number of hydrogen-bond acceptors (Lipinski definition) is 4.